The van der Waals surface area contributed by atoms with Crippen LogP contribution >= 0.6 is 15.9 Å². The molecule has 17 heavy (non-hydrogen) atoms. The zero-order chi connectivity index (χ0) is 12.3. The van der Waals surface area contributed by atoms with E-state index in [0.29, 0.717) is 18.8 Å². The van der Waals surface area contributed by atoms with E-state index < -0.39 is 0 Å². The Labute approximate surface area is 110 Å². The lowest BCUT2D eigenvalue weighted by atomic mass is 10.2. The SMILES string of the molecule is COc1ccc(Br)c(COC2CCC(N)C2)c1. The van der Waals surface area contributed by atoms with Crippen LogP contribution in [-0.4, -0.2) is 19.3 Å². The molecule has 0 amide bonds. The summed E-state index contributed by atoms with van der Waals surface area (Å²) >= 11 is 3.52. The lowest BCUT2D eigenvalue weighted by Crippen LogP contribution is -2.17. The number of halogens is 1. The zero-order valence-electron chi connectivity index (χ0n) is 9.99. The van der Waals surface area contributed by atoms with Crippen molar-refractivity contribution < 1.29 is 9.47 Å². The normalized spacial score (nSPS) is 23.9. The van der Waals surface area contributed by atoms with E-state index in [-0.39, 0.29) is 0 Å². The number of benzene rings is 1. The quantitative estimate of drug-likeness (QED) is 0.930. The van der Waals surface area contributed by atoms with E-state index in [1.54, 1.807) is 7.11 Å². The molecular formula is C13H18BrNO2. The summed E-state index contributed by atoms with van der Waals surface area (Å²) in [4.78, 5) is 0. The Hall–Kier alpha value is -0.580. The maximum absolute atomic E-state index is 5.87. The fraction of sp³-hybridized carbons (Fsp3) is 0.538. The summed E-state index contributed by atoms with van der Waals surface area (Å²) in [6.07, 6.45) is 3.43. The molecule has 2 N–H and O–H groups in total. The number of nitrogens with two attached hydrogens (primary N) is 1. The molecule has 0 saturated heterocycles. The van der Waals surface area contributed by atoms with Crippen molar-refractivity contribution in [3.63, 3.8) is 0 Å². The molecule has 2 rings (SSSR count). The largest absolute Gasteiger partial charge is 0.497 e. The van der Waals surface area contributed by atoms with Crippen LogP contribution in [-0.2, 0) is 11.3 Å². The van der Waals surface area contributed by atoms with Crippen molar-refractivity contribution in [2.24, 2.45) is 5.73 Å². The lowest BCUT2D eigenvalue weighted by molar-refractivity contribution is 0.0444. The molecule has 0 spiro atoms. The van der Waals surface area contributed by atoms with E-state index in [9.17, 15) is 0 Å². The first-order valence-electron chi connectivity index (χ1n) is 5.88. The molecule has 3 nitrogen and oxygen atoms in total. The van der Waals surface area contributed by atoms with Crippen molar-refractivity contribution in [3.05, 3.63) is 28.2 Å². The molecule has 2 atom stereocenters. The predicted octanol–water partition coefficient (Wildman–Crippen LogP) is 2.85. The van der Waals surface area contributed by atoms with Gasteiger partial charge in [0.25, 0.3) is 0 Å². The summed E-state index contributed by atoms with van der Waals surface area (Å²) in [6.45, 7) is 0.606. The smallest absolute Gasteiger partial charge is 0.119 e. The van der Waals surface area contributed by atoms with Crippen LogP contribution in [0.4, 0.5) is 0 Å². The molecule has 1 aliphatic carbocycles. The standard InChI is InChI=1S/C13H18BrNO2/c1-16-11-4-5-13(14)9(6-11)8-17-12-3-2-10(15)7-12/h4-6,10,12H,2-3,7-8,15H2,1H3. The van der Waals surface area contributed by atoms with Gasteiger partial charge in [-0.15, -0.1) is 0 Å². The molecular weight excluding hydrogens is 282 g/mol. The molecule has 4 heteroatoms. The van der Waals surface area contributed by atoms with Crippen molar-refractivity contribution in [1.29, 1.82) is 0 Å². The predicted molar refractivity (Wildman–Crippen MR) is 71.1 cm³/mol. The van der Waals surface area contributed by atoms with Gasteiger partial charge in [-0.1, -0.05) is 15.9 Å². The van der Waals surface area contributed by atoms with Crippen molar-refractivity contribution in [2.75, 3.05) is 7.11 Å². The molecule has 1 fully saturated rings. The Bertz CT molecular complexity index is 384. The van der Waals surface area contributed by atoms with Crippen LogP contribution in [0.2, 0.25) is 0 Å². The van der Waals surface area contributed by atoms with Crippen LogP contribution in [0.1, 0.15) is 24.8 Å². The molecule has 1 aromatic carbocycles. The Morgan fingerprint density at radius 3 is 2.88 bits per heavy atom. The molecule has 94 valence electrons. The van der Waals surface area contributed by atoms with Gasteiger partial charge in [0.2, 0.25) is 0 Å². The third kappa shape index (κ3) is 3.44. The molecule has 1 aliphatic rings. The van der Waals surface area contributed by atoms with Crippen LogP contribution < -0.4 is 10.5 Å². The maximum atomic E-state index is 5.87. The maximum Gasteiger partial charge on any atom is 0.119 e. The molecule has 2 unspecified atom stereocenters. The van der Waals surface area contributed by atoms with Gasteiger partial charge >= 0.3 is 0 Å². The van der Waals surface area contributed by atoms with E-state index >= 15 is 0 Å². The van der Waals surface area contributed by atoms with E-state index in [0.717, 1.165) is 35.0 Å². The van der Waals surface area contributed by atoms with Gasteiger partial charge in [-0.3, -0.25) is 0 Å². The highest BCUT2D eigenvalue weighted by atomic mass is 79.9. The fourth-order valence-electron chi connectivity index (χ4n) is 2.12. The number of hydrogen-bond acceptors (Lipinski definition) is 3. The van der Waals surface area contributed by atoms with Gasteiger partial charge in [-0.2, -0.15) is 0 Å². The van der Waals surface area contributed by atoms with Gasteiger partial charge in [-0.05, 0) is 43.0 Å². The fourth-order valence-corrected chi connectivity index (χ4v) is 2.48. The van der Waals surface area contributed by atoms with Crippen molar-refractivity contribution in [3.8, 4) is 5.75 Å². The van der Waals surface area contributed by atoms with Crippen LogP contribution in [0, 0.1) is 0 Å². The third-order valence-corrected chi connectivity index (χ3v) is 3.93. The second-order valence-electron chi connectivity index (χ2n) is 4.46. The summed E-state index contributed by atoms with van der Waals surface area (Å²) in [5.74, 6) is 0.856. The van der Waals surface area contributed by atoms with E-state index in [2.05, 4.69) is 15.9 Å². The van der Waals surface area contributed by atoms with E-state index in [4.69, 9.17) is 15.2 Å². The van der Waals surface area contributed by atoms with Crippen LogP contribution in [0.3, 0.4) is 0 Å². The Kier molecular flexibility index (Phi) is 4.42. The zero-order valence-corrected chi connectivity index (χ0v) is 11.6. The summed E-state index contributed by atoms with van der Waals surface area (Å²) < 4.78 is 12.1. The number of methoxy groups -OCH3 is 1. The molecule has 1 saturated carbocycles. The Morgan fingerprint density at radius 2 is 2.24 bits per heavy atom. The minimum absolute atomic E-state index is 0.308. The van der Waals surface area contributed by atoms with Gasteiger partial charge < -0.3 is 15.2 Å². The first kappa shape index (κ1) is 12.9. The average Bonchev–Trinajstić information content (AvgIpc) is 2.74. The highest BCUT2D eigenvalue weighted by Crippen LogP contribution is 2.26. The second kappa shape index (κ2) is 5.85. The molecule has 0 heterocycles. The average molecular weight is 300 g/mol. The second-order valence-corrected chi connectivity index (χ2v) is 5.32. The van der Waals surface area contributed by atoms with Crippen LogP contribution in [0.5, 0.6) is 5.75 Å². The van der Waals surface area contributed by atoms with Crippen LogP contribution in [0.15, 0.2) is 22.7 Å². The first-order valence-corrected chi connectivity index (χ1v) is 6.68. The minimum atomic E-state index is 0.308. The van der Waals surface area contributed by atoms with Gasteiger partial charge in [-0.25, -0.2) is 0 Å². The van der Waals surface area contributed by atoms with Gasteiger partial charge in [0.15, 0.2) is 0 Å². The number of ether oxygens (including phenoxy) is 2. The topological polar surface area (TPSA) is 44.5 Å². The van der Waals surface area contributed by atoms with E-state index in [1.807, 2.05) is 18.2 Å². The Morgan fingerprint density at radius 1 is 1.41 bits per heavy atom. The third-order valence-electron chi connectivity index (χ3n) is 3.15. The summed E-state index contributed by atoms with van der Waals surface area (Å²) in [5.41, 5.74) is 6.98. The van der Waals surface area contributed by atoms with Gasteiger partial charge in [0, 0.05) is 10.5 Å². The van der Waals surface area contributed by atoms with Gasteiger partial charge in [0.1, 0.15) is 5.75 Å². The monoisotopic (exact) mass is 299 g/mol. The first-order chi connectivity index (χ1) is 8.19. The van der Waals surface area contributed by atoms with Crippen molar-refractivity contribution in [1.82, 2.24) is 0 Å². The molecule has 0 aromatic heterocycles. The van der Waals surface area contributed by atoms with E-state index in [1.165, 1.54) is 0 Å². The minimum Gasteiger partial charge on any atom is -0.497 e. The molecule has 1 aromatic rings. The number of rotatable bonds is 4. The summed E-state index contributed by atoms with van der Waals surface area (Å²) in [7, 11) is 1.67. The molecule has 0 bridgehead atoms. The number of hydrogen-bond donors (Lipinski definition) is 1. The highest BCUT2D eigenvalue weighted by molar-refractivity contribution is 9.10. The molecule has 0 aliphatic heterocycles. The Balaban J connectivity index is 1.94. The van der Waals surface area contributed by atoms with Gasteiger partial charge in [0.05, 0.1) is 19.8 Å². The molecule has 0 radical (unpaired) electrons. The highest BCUT2D eigenvalue weighted by Gasteiger charge is 2.22. The van der Waals surface area contributed by atoms with Crippen molar-refractivity contribution in [2.45, 2.75) is 38.0 Å². The van der Waals surface area contributed by atoms with Crippen LogP contribution in [0.25, 0.3) is 0 Å². The van der Waals surface area contributed by atoms with Crippen molar-refractivity contribution >= 4 is 15.9 Å². The lowest BCUT2D eigenvalue weighted by Gasteiger charge is -2.13. The summed E-state index contributed by atoms with van der Waals surface area (Å²) in [6, 6.07) is 6.23. The summed E-state index contributed by atoms with van der Waals surface area (Å²) in [5, 5.41) is 0.